The van der Waals surface area contributed by atoms with Gasteiger partial charge in [-0.25, -0.2) is 4.79 Å². The van der Waals surface area contributed by atoms with E-state index in [1.165, 1.54) is 7.11 Å². The fourth-order valence-electron chi connectivity index (χ4n) is 1.84. The molecule has 0 spiro atoms. The molecule has 1 amide bonds. The van der Waals surface area contributed by atoms with E-state index < -0.39 is 23.7 Å². The van der Waals surface area contributed by atoms with E-state index in [1.807, 2.05) is 0 Å². The van der Waals surface area contributed by atoms with Gasteiger partial charge in [-0.05, 0) is 39.0 Å². The largest absolute Gasteiger partial charge is 0.496 e. The second-order valence-electron chi connectivity index (χ2n) is 5.68. The monoisotopic (exact) mass is 373 g/mol. The summed E-state index contributed by atoms with van der Waals surface area (Å²) < 4.78 is 11.2. The first-order chi connectivity index (χ1) is 10.1. The lowest BCUT2D eigenvalue weighted by Crippen LogP contribution is -2.36. The number of benzene rings is 1. The van der Waals surface area contributed by atoms with Gasteiger partial charge < -0.3 is 19.9 Å². The third kappa shape index (κ3) is 5.93. The number of alkyl carbamates (subject to hydrolysis) is 1. The lowest BCUT2D eigenvalue weighted by molar-refractivity contribution is -0.137. The molecule has 2 N–H and O–H groups in total. The number of aliphatic carboxylic acids is 1. The zero-order valence-electron chi connectivity index (χ0n) is 13.0. The Balaban J connectivity index is 3.05. The first-order valence-corrected chi connectivity index (χ1v) is 7.46. The molecule has 122 valence electrons. The Bertz CT molecular complexity index is 553. The summed E-state index contributed by atoms with van der Waals surface area (Å²) in [5.74, 6) is -0.548. The summed E-state index contributed by atoms with van der Waals surface area (Å²) in [5.41, 5.74) is -0.107. The van der Waals surface area contributed by atoms with Gasteiger partial charge in [-0.15, -0.1) is 0 Å². The number of hydrogen-bond donors (Lipinski definition) is 2. The van der Waals surface area contributed by atoms with Gasteiger partial charge in [0.1, 0.15) is 11.4 Å². The second kappa shape index (κ2) is 7.49. The SMILES string of the molecule is COc1ccc(Br)cc1[C@@H](CC(=O)O)NC(=O)OC(C)(C)C. The number of rotatable bonds is 5. The number of carboxylic acids is 1. The van der Waals surface area contributed by atoms with Crippen LogP contribution in [0.2, 0.25) is 0 Å². The van der Waals surface area contributed by atoms with Crippen molar-refractivity contribution in [2.24, 2.45) is 0 Å². The van der Waals surface area contributed by atoms with Gasteiger partial charge in [0.05, 0.1) is 19.6 Å². The highest BCUT2D eigenvalue weighted by Crippen LogP contribution is 2.30. The van der Waals surface area contributed by atoms with Crippen LogP contribution >= 0.6 is 15.9 Å². The van der Waals surface area contributed by atoms with Crippen molar-refractivity contribution < 1.29 is 24.2 Å². The fourth-order valence-corrected chi connectivity index (χ4v) is 2.22. The normalized spacial score (nSPS) is 12.4. The van der Waals surface area contributed by atoms with E-state index in [9.17, 15) is 9.59 Å². The predicted octanol–water partition coefficient (Wildman–Crippen LogP) is 3.50. The van der Waals surface area contributed by atoms with Crippen LogP contribution in [0.4, 0.5) is 4.79 Å². The van der Waals surface area contributed by atoms with Crippen LogP contribution in [0, 0.1) is 0 Å². The maximum atomic E-state index is 11.9. The molecule has 7 heteroatoms. The van der Waals surface area contributed by atoms with Crippen molar-refractivity contribution in [2.45, 2.75) is 38.8 Å². The van der Waals surface area contributed by atoms with Gasteiger partial charge >= 0.3 is 12.1 Å². The molecule has 0 aliphatic carbocycles. The minimum atomic E-state index is -1.04. The van der Waals surface area contributed by atoms with Gasteiger partial charge in [0.2, 0.25) is 0 Å². The Kier molecular flexibility index (Phi) is 6.22. The third-order valence-electron chi connectivity index (χ3n) is 2.64. The summed E-state index contributed by atoms with van der Waals surface area (Å²) in [7, 11) is 1.48. The standard InChI is InChI=1S/C15H20BrNO5/c1-15(2,3)22-14(20)17-11(8-13(18)19)10-7-9(16)5-6-12(10)21-4/h5-7,11H,8H2,1-4H3,(H,17,20)(H,18,19)/t11-/m1/s1. The Morgan fingerprint density at radius 2 is 2.00 bits per heavy atom. The molecule has 1 atom stereocenters. The molecule has 6 nitrogen and oxygen atoms in total. The summed E-state index contributed by atoms with van der Waals surface area (Å²) in [6.45, 7) is 5.20. The van der Waals surface area contributed by atoms with Crippen LogP contribution in [0.3, 0.4) is 0 Å². The van der Waals surface area contributed by atoms with E-state index in [-0.39, 0.29) is 6.42 Å². The van der Waals surface area contributed by atoms with Gasteiger partial charge in [-0.1, -0.05) is 15.9 Å². The third-order valence-corrected chi connectivity index (χ3v) is 3.13. The number of carboxylic acid groups (broad SMARTS) is 1. The van der Waals surface area contributed by atoms with E-state index in [2.05, 4.69) is 21.2 Å². The van der Waals surface area contributed by atoms with Crippen molar-refractivity contribution in [3.8, 4) is 5.75 Å². The molecule has 1 rings (SSSR count). The molecule has 0 aliphatic heterocycles. The van der Waals surface area contributed by atoms with Gasteiger partial charge in [-0.2, -0.15) is 0 Å². The quantitative estimate of drug-likeness (QED) is 0.824. The van der Waals surface area contributed by atoms with Gasteiger partial charge in [-0.3, -0.25) is 4.79 Å². The topological polar surface area (TPSA) is 84.9 Å². The number of nitrogens with one attached hydrogen (secondary N) is 1. The number of carbonyl (C=O) groups excluding carboxylic acids is 1. The second-order valence-corrected chi connectivity index (χ2v) is 6.60. The smallest absolute Gasteiger partial charge is 0.408 e. The average molecular weight is 374 g/mol. The summed E-state index contributed by atoms with van der Waals surface area (Å²) in [6, 6.07) is 4.42. The van der Waals surface area contributed by atoms with Crippen LogP contribution in [0.25, 0.3) is 0 Å². The molecule has 1 aromatic rings. The van der Waals surface area contributed by atoms with Crippen LogP contribution in [-0.2, 0) is 9.53 Å². The fraction of sp³-hybridized carbons (Fsp3) is 0.467. The lowest BCUT2D eigenvalue weighted by atomic mass is 10.0. The van der Waals surface area contributed by atoms with Crippen LogP contribution in [0.15, 0.2) is 22.7 Å². The number of hydrogen-bond acceptors (Lipinski definition) is 4. The van der Waals surface area contributed by atoms with E-state index in [0.29, 0.717) is 11.3 Å². The van der Waals surface area contributed by atoms with Crippen molar-refractivity contribution in [3.05, 3.63) is 28.2 Å². The summed E-state index contributed by atoms with van der Waals surface area (Å²) in [4.78, 5) is 23.0. The maximum Gasteiger partial charge on any atom is 0.408 e. The molecule has 0 radical (unpaired) electrons. The first-order valence-electron chi connectivity index (χ1n) is 6.67. The number of halogens is 1. The maximum absolute atomic E-state index is 11.9. The average Bonchev–Trinajstić information content (AvgIpc) is 2.35. The molecule has 1 aromatic carbocycles. The number of carbonyl (C=O) groups is 2. The molecule has 0 aliphatic rings. The summed E-state index contributed by atoms with van der Waals surface area (Å²) >= 11 is 3.33. The number of amides is 1. The molecular formula is C15H20BrNO5. The van der Waals surface area contributed by atoms with Crippen LogP contribution in [0.1, 0.15) is 38.8 Å². The van der Waals surface area contributed by atoms with Gasteiger partial charge in [0.25, 0.3) is 0 Å². The van der Waals surface area contributed by atoms with Crippen LogP contribution in [0.5, 0.6) is 5.75 Å². The Labute approximate surface area is 137 Å². The molecule has 0 heterocycles. The molecule has 0 saturated heterocycles. The molecule has 22 heavy (non-hydrogen) atoms. The van der Waals surface area contributed by atoms with Crippen LogP contribution < -0.4 is 10.1 Å². The Morgan fingerprint density at radius 3 is 2.50 bits per heavy atom. The van der Waals surface area contributed by atoms with Crippen molar-refractivity contribution >= 4 is 28.0 Å². The zero-order chi connectivity index (χ0) is 16.9. The van der Waals surface area contributed by atoms with E-state index in [1.54, 1.807) is 39.0 Å². The van der Waals surface area contributed by atoms with Gasteiger partial charge in [0, 0.05) is 10.0 Å². The minimum Gasteiger partial charge on any atom is -0.496 e. The van der Waals surface area contributed by atoms with Crippen LogP contribution in [-0.4, -0.2) is 29.9 Å². The first kappa shape index (κ1) is 18.3. The van der Waals surface area contributed by atoms with E-state index >= 15 is 0 Å². The molecular weight excluding hydrogens is 354 g/mol. The van der Waals surface area contributed by atoms with E-state index in [4.69, 9.17) is 14.6 Å². The summed E-state index contributed by atoms with van der Waals surface area (Å²) in [6.07, 6.45) is -0.965. The van der Waals surface area contributed by atoms with Crippen molar-refractivity contribution in [2.75, 3.05) is 7.11 Å². The molecule has 0 aromatic heterocycles. The Hall–Kier alpha value is -1.76. The van der Waals surface area contributed by atoms with Crippen molar-refractivity contribution in [1.82, 2.24) is 5.32 Å². The molecule has 0 unspecified atom stereocenters. The summed E-state index contributed by atoms with van der Waals surface area (Å²) in [5, 5.41) is 11.7. The molecule has 0 fully saturated rings. The van der Waals surface area contributed by atoms with E-state index in [0.717, 1.165) is 4.47 Å². The Morgan fingerprint density at radius 1 is 1.36 bits per heavy atom. The lowest BCUT2D eigenvalue weighted by Gasteiger charge is -2.24. The number of ether oxygens (including phenoxy) is 2. The highest BCUT2D eigenvalue weighted by Gasteiger charge is 2.24. The minimum absolute atomic E-state index is 0.286. The molecule has 0 saturated carbocycles. The van der Waals surface area contributed by atoms with Crippen molar-refractivity contribution in [1.29, 1.82) is 0 Å². The zero-order valence-corrected chi connectivity index (χ0v) is 14.6. The predicted molar refractivity (Wildman–Crippen MR) is 85.1 cm³/mol. The van der Waals surface area contributed by atoms with Gasteiger partial charge in [0.15, 0.2) is 0 Å². The highest BCUT2D eigenvalue weighted by molar-refractivity contribution is 9.10. The van der Waals surface area contributed by atoms with Crippen molar-refractivity contribution in [3.63, 3.8) is 0 Å². The number of methoxy groups -OCH3 is 1. The highest BCUT2D eigenvalue weighted by atomic mass is 79.9. The molecule has 0 bridgehead atoms.